The van der Waals surface area contributed by atoms with Crippen molar-refractivity contribution in [3.8, 4) is 5.75 Å². The lowest BCUT2D eigenvalue weighted by atomic mass is 9.89. The Labute approximate surface area is 108 Å². The van der Waals surface area contributed by atoms with Crippen molar-refractivity contribution >= 4 is 5.91 Å². The number of amides is 1. The van der Waals surface area contributed by atoms with Crippen molar-refractivity contribution in [3.05, 3.63) is 29.8 Å². The molecule has 97 valence electrons. The third-order valence-corrected chi connectivity index (χ3v) is 3.53. The number of carbonyl (C=O) groups excluding carboxylic acids is 1. The fourth-order valence-electron chi connectivity index (χ4n) is 2.61. The molecule has 4 heteroatoms. The average molecular weight is 247 g/mol. The number of benzene rings is 1. The number of rotatable bonds is 4. The summed E-state index contributed by atoms with van der Waals surface area (Å²) in [6.45, 7) is 2.03. The van der Waals surface area contributed by atoms with Crippen molar-refractivity contribution in [2.45, 2.75) is 18.8 Å². The van der Waals surface area contributed by atoms with Crippen LogP contribution in [0.3, 0.4) is 0 Å². The lowest BCUT2D eigenvalue weighted by Crippen LogP contribution is -2.37. The van der Waals surface area contributed by atoms with Gasteiger partial charge in [0.25, 0.3) is 5.91 Å². The Morgan fingerprint density at radius 1 is 1.39 bits per heavy atom. The van der Waals surface area contributed by atoms with Gasteiger partial charge in [0.15, 0.2) is 0 Å². The molecular weight excluding hydrogens is 228 g/mol. The van der Waals surface area contributed by atoms with Crippen molar-refractivity contribution in [1.29, 1.82) is 0 Å². The van der Waals surface area contributed by atoms with Crippen molar-refractivity contribution < 1.29 is 9.53 Å². The third kappa shape index (κ3) is 3.01. The van der Waals surface area contributed by atoms with Crippen LogP contribution in [0.25, 0.3) is 0 Å². The quantitative estimate of drug-likeness (QED) is 0.813. The van der Waals surface area contributed by atoms with E-state index in [1.54, 1.807) is 7.11 Å². The van der Waals surface area contributed by atoms with Crippen molar-refractivity contribution in [2.75, 3.05) is 26.7 Å². The summed E-state index contributed by atoms with van der Waals surface area (Å²) >= 11 is 0. The number of ether oxygens (including phenoxy) is 1. The molecule has 0 spiro atoms. The molecule has 1 aromatic carbocycles. The summed E-state index contributed by atoms with van der Waals surface area (Å²) in [6.07, 6.45) is 2.04. The van der Waals surface area contributed by atoms with Gasteiger partial charge in [0, 0.05) is 0 Å². The number of hydrogen-bond acceptors (Lipinski definition) is 3. The number of hydrogen-bond donors (Lipinski definition) is 0. The first-order chi connectivity index (χ1) is 8.70. The second kappa shape index (κ2) is 5.87. The fraction of sp³-hybridized carbons (Fsp3) is 0.500. The summed E-state index contributed by atoms with van der Waals surface area (Å²) in [5, 5.41) is 0. The molecule has 4 nitrogen and oxygen atoms in total. The van der Waals surface area contributed by atoms with E-state index >= 15 is 0 Å². The van der Waals surface area contributed by atoms with E-state index in [0.29, 0.717) is 5.92 Å². The van der Waals surface area contributed by atoms with Crippen LogP contribution in [-0.4, -0.2) is 37.6 Å². The van der Waals surface area contributed by atoms with Crippen LogP contribution in [0.5, 0.6) is 5.75 Å². The van der Waals surface area contributed by atoms with E-state index in [1.807, 2.05) is 18.2 Å². The van der Waals surface area contributed by atoms with Gasteiger partial charge >= 0.3 is 0 Å². The van der Waals surface area contributed by atoms with E-state index in [2.05, 4.69) is 11.0 Å². The van der Waals surface area contributed by atoms with Crippen LogP contribution < -0.4 is 10.5 Å². The topological polar surface area (TPSA) is 53.3 Å². The molecule has 1 aliphatic heterocycles. The van der Waals surface area contributed by atoms with Gasteiger partial charge in [-0.3, -0.25) is 15.4 Å². The third-order valence-electron chi connectivity index (χ3n) is 3.53. The Hall–Kier alpha value is -1.55. The summed E-state index contributed by atoms with van der Waals surface area (Å²) in [6, 6.07) is 8.14. The molecule has 0 bridgehead atoms. The lowest BCUT2D eigenvalue weighted by Gasteiger charge is -2.31. The van der Waals surface area contributed by atoms with Crippen LogP contribution >= 0.6 is 0 Å². The van der Waals surface area contributed by atoms with Gasteiger partial charge in [0.1, 0.15) is 5.75 Å². The SMILES string of the molecule is COc1ccccc1C1CCN(CC([NH])=O)CC1. The second-order valence-corrected chi connectivity index (χ2v) is 4.72. The summed E-state index contributed by atoms with van der Waals surface area (Å²) in [5.74, 6) is 0.955. The van der Waals surface area contributed by atoms with Gasteiger partial charge in [-0.2, -0.15) is 0 Å². The maximum Gasteiger partial charge on any atom is 0.252 e. The Bertz CT molecular complexity index is 412. The smallest absolute Gasteiger partial charge is 0.252 e. The van der Waals surface area contributed by atoms with E-state index in [-0.39, 0.29) is 6.54 Å². The van der Waals surface area contributed by atoms with Gasteiger partial charge in [0.2, 0.25) is 0 Å². The number of para-hydroxylation sites is 1. The molecule has 0 aromatic heterocycles. The number of piperidine rings is 1. The fourth-order valence-corrected chi connectivity index (χ4v) is 2.61. The summed E-state index contributed by atoms with van der Waals surface area (Å²) in [5.41, 5.74) is 8.25. The van der Waals surface area contributed by atoms with E-state index in [1.165, 1.54) is 5.56 Å². The predicted octanol–water partition coefficient (Wildman–Crippen LogP) is 1.68. The maximum atomic E-state index is 10.8. The number of nitrogens with one attached hydrogen (secondary N) is 1. The Morgan fingerprint density at radius 2 is 2.06 bits per heavy atom. The predicted molar refractivity (Wildman–Crippen MR) is 69.5 cm³/mol. The van der Waals surface area contributed by atoms with Gasteiger partial charge in [-0.05, 0) is 43.5 Å². The average Bonchev–Trinajstić information content (AvgIpc) is 2.39. The van der Waals surface area contributed by atoms with Crippen LogP contribution in [0.1, 0.15) is 24.3 Å². The number of carbonyl (C=O) groups is 1. The highest BCUT2D eigenvalue weighted by Crippen LogP contribution is 2.33. The normalized spacial score (nSPS) is 17.6. The zero-order chi connectivity index (χ0) is 13.0. The minimum atomic E-state index is -0.495. The molecule has 0 saturated carbocycles. The molecule has 0 atom stereocenters. The van der Waals surface area contributed by atoms with E-state index < -0.39 is 5.91 Å². The van der Waals surface area contributed by atoms with Crippen LogP contribution in [0, 0.1) is 0 Å². The van der Waals surface area contributed by atoms with Crippen LogP contribution in [0.4, 0.5) is 0 Å². The molecule has 2 rings (SSSR count). The molecule has 1 saturated heterocycles. The van der Waals surface area contributed by atoms with Gasteiger partial charge in [-0.1, -0.05) is 18.2 Å². The van der Waals surface area contributed by atoms with Crippen LogP contribution in [0.2, 0.25) is 0 Å². The van der Waals surface area contributed by atoms with Crippen LogP contribution in [-0.2, 0) is 4.79 Å². The number of likely N-dealkylation sites (tertiary alicyclic amines) is 1. The van der Waals surface area contributed by atoms with Gasteiger partial charge in [-0.15, -0.1) is 0 Å². The molecule has 1 N–H and O–H groups in total. The minimum absolute atomic E-state index is 0.263. The number of methoxy groups -OCH3 is 1. The first-order valence-corrected chi connectivity index (χ1v) is 6.30. The minimum Gasteiger partial charge on any atom is -0.496 e. The van der Waals surface area contributed by atoms with Crippen molar-refractivity contribution in [1.82, 2.24) is 10.6 Å². The zero-order valence-corrected chi connectivity index (χ0v) is 10.7. The van der Waals surface area contributed by atoms with E-state index in [0.717, 1.165) is 31.7 Å². The summed E-state index contributed by atoms with van der Waals surface area (Å²) < 4.78 is 5.39. The van der Waals surface area contributed by atoms with Crippen molar-refractivity contribution in [2.24, 2.45) is 0 Å². The Morgan fingerprint density at radius 3 is 2.67 bits per heavy atom. The Kier molecular flexibility index (Phi) is 4.20. The monoisotopic (exact) mass is 247 g/mol. The molecule has 1 aromatic rings. The zero-order valence-electron chi connectivity index (χ0n) is 10.7. The molecule has 1 fully saturated rings. The molecule has 0 aliphatic carbocycles. The molecule has 0 unspecified atom stereocenters. The second-order valence-electron chi connectivity index (χ2n) is 4.72. The number of nitrogens with zero attached hydrogens (tertiary/aromatic N) is 1. The van der Waals surface area contributed by atoms with E-state index in [9.17, 15) is 4.79 Å². The van der Waals surface area contributed by atoms with Gasteiger partial charge in [0.05, 0.1) is 13.7 Å². The molecular formula is C14H19N2O2. The largest absolute Gasteiger partial charge is 0.496 e. The molecule has 1 heterocycles. The maximum absolute atomic E-state index is 10.8. The molecule has 18 heavy (non-hydrogen) atoms. The molecule has 1 amide bonds. The first kappa shape index (κ1) is 12.9. The van der Waals surface area contributed by atoms with E-state index in [4.69, 9.17) is 10.5 Å². The highest BCUT2D eigenvalue weighted by atomic mass is 16.5. The first-order valence-electron chi connectivity index (χ1n) is 6.30. The van der Waals surface area contributed by atoms with Crippen LogP contribution in [0.15, 0.2) is 24.3 Å². The van der Waals surface area contributed by atoms with Gasteiger partial charge in [-0.25, -0.2) is 0 Å². The highest BCUT2D eigenvalue weighted by Gasteiger charge is 2.23. The standard InChI is InChI=1S/C14H19N2O2/c1-18-13-5-3-2-4-12(13)11-6-8-16(9-7-11)10-14(15)17/h2-5,11,15H,6-10H2,1H3. The Balaban J connectivity index is 1.99. The summed E-state index contributed by atoms with van der Waals surface area (Å²) in [4.78, 5) is 12.8. The summed E-state index contributed by atoms with van der Waals surface area (Å²) in [7, 11) is 1.70. The molecule has 1 radical (unpaired) electrons. The lowest BCUT2D eigenvalue weighted by molar-refractivity contribution is -0.120. The molecule has 1 aliphatic rings. The van der Waals surface area contributed by atoms with Gasteiger partial charge < -0.3 is 4.74 Å². The van der Waals surface area contributed by atoms with Crippen molar-refractivity contribution in [3.63, 3.8) is 0 Å². The highest BCUT2D eigenvalue weighted by molar-refractivity contribution is 5.75.